The Hall–Kier alpha value is -0.780. The molecular weight excluding hydrogens is 167 g/mol. The third-order valence-corrected chi connectivity index (χ3v) is 1.00. The highest BCUT2D eigenvalue weighted by Crippen LogP contribution is 2.28. The number of hydrogen-bond acceptors (Lipinski definition) is 2. The van der Waals surface area contributed by atoms with Gasteiger partial charge in [-0.2, -0.15) is 13.2 Å². The Balaban J connectivity index is 3.07. The first kappa shape index (κ1) is 7.33. The van der Waals surface area contributed by atoms with Gasteiger partial charge in [-0.05, 0) is 12.2 Å². The van der Waals surface area contributed by atoms with E-state index in [1.54, 1.807) is 0 Å². The zero-order chi connectivity index (χ0) is 7.78. The van der Waals surface area contributed by atoms with E-state index in [1.165, 1.54) is 0 Å². The van der Waals surface area contributed by atoms with Crippen molar-refractivity contribution in [2.75, 3.05) is 0 Å². The lowest BCUT2D eigenvalue weighted by Gasteiger charge is -1.97. The molecule has 0 amide bonds. The zero-order valence-corrected chi connectivity index (χ0v) is 5.34. The molecule has 1 rings (SSSR count). The molecule has 56 valence electrons. The second-order valence-corrected chi connectivity index (χ2v) is 1.91. The van der Waals surface area contributed by atoms with Crippen LogP contribution >= 0.6 is 12.2 Å². The predicted octanol–water partition coefficient (Wildman–Crippen LogP) is 2.36. The zero-order valence-electron chi connectivity index (χ0n) is 4.53. The number of rotatable bonds is 0. The smallest absolute Gasteiger partial charge is 0.425 e. The van der Waals surface area contributed by atoms with Crippen molar-refractivity contribution in [1.82, 2.24) is 4.98 Å². The molecule has 0 bridgehead atoms. The van der Waals surface area contributed by atoms with E-state index in [0.29, 0.717) is 6.20 Å². The third kappa shape index (κ3) is 1.38. The Morgan fingerprint density at radius 2 is 2.10 bits per heavy atom. The minimum atomic E-state index is -4.45. The highest BCUT2D eigenvalue weighted by molar-refractivity contribution is 7.71. The number of hydrogen-bond donors (Lipinski definition) is 1. The first-order valence-corrected chi connectivity index (χ1v) is 2.66. The van der Waals surface area contributed by atoms with Crippen molar-refractivity contribution in [2.45, 2.75) is 6.18 Å². The Bertz CT molecular complexity index is 273. The fourth-order valence-electron chi connectivity index (χ4n) is 0.423. The summed E-state index contributed by atoms with van der Waals surface area (Å²) in [6, 6.07) is 0. The summed E-state index contributed by atoms with van der Waals surface area (Å²) in [5.41, 5.74) is 0. The normalized spacial score (nSPS) is 11.9. The Morgan fingerprint density at radius 3 is 2.30 bits per heavy atom. The van der Waals surface area contributed by atoms with E-state index in [-0.39, 0.29) is 4.84 Å². The third-order valence-electron chi connectivity index (χ3n) is 0.803. The standard InChI is InChI=1S/C4H2F3NOS/c5-4(6,7)2-1-8-3(10)9-2/h1H,(H,8,10). The summed E-state index contributed by atoms with van der Waals surface area (Å²) in [4.78, 5) is 1.83. The van der Waals surface area contributed by atoms with Gasteiger partial charge in [-0.1, -0.05) is 0 Å². The molecule has 0 radical (unpaired) electrons. The number of H-pyrrole nitrogens is 1. The molecule has 0 atom stereocenters. The van der Waals surface area contributed by atoms with Crippen LogP contribution in [0.15, 0.2) is 10.6 Å². The van der Waals surface area contributed by atoms with E-state index >= 15 is 0 Å². The van der Waals surface area contributed by atoms with Crippen molar-refractivity contribution in [3.05, 3.63) is 16.8 Å². The minimum Gasteiger partial charge on any atom is -0.425 e. The van der Waals surface area contributed by atoms with Gasteiger partial charge in [0.1, 0.15) is 0 Å². The van der Waals surface area contributed by atoms with Crippen molar-refractivity contribution in [1.29, 1.82) is 0 Å². The van der Waals surface area contributed by atoms with E-state index < -0.39 is 11.9 Å². The first-order valence-electron chi connectivity index (χ1n) is 2.26. The molecule has 0 aromatic carbocycles. The highest BCUT2D eigenvalue weighted by atomic mass is 32.1. The lowest BCUT2D eigenvalue weighted by Crippen LogP contribution is -2.01. The molecule has 2 nitrogen and oxygen atoms in total. The number of aromatic nitrogens is 1. The number of oxazole rings is 1. The quantitative estimate of drug-likeness (QED) is 0.604. The lowest BCUT2D eigenvalue weighted by molar-refractivity contribution is -0.153. The van der Waals surface area contributed by atoms with Gasteiger partial charge in [-0.15, -0.1) is 0 Å². The maximum absolute atomic E-state index is 11.6. The second kappa shape index (κ2) is 2.12. The van der Waals surface area contributed by atoms with Gasteiger partial charge in [0.05, 0.1) is 6.20 Å². The summed E-state index contributed by atoms with van der Waals surface area (Å²) < 4.78 is 39.0. The molecular formula is C4H2F3NOS. The molecule has 0 spiro atoms. The lowest BCUT2D eigenvalue weighted by atomic mass is 10.5. The van der Waals surface area contributed by atoms with Gasteiger partial charge >= 0.3 is 6.18 Å². The van der Waals surface area contributed by atoms with Crippen LogP contribution in [0, 0.1) is 4.84 Å². The number of nitrogens with one attached hydrogen (secondary N) is 1. The van der Waals surface area contributed by atoms with Gasteiger partial charge in [-0.3, -0.25) is 0 Å². The van der Waals surface area contributed by atoms with Gasteiger partial charge in [-0.25, -0.2) is 0 Å². The number of alkyl halides is 3. The van der Waals surface area contributed by atoms with E-state index in [2.05, 4.69) is 21.6 Å². The molecule has 0 fully saturated rings. The monoisotopic (exact) mass is 169 g/mol. The highest BCUT2D eigenvalue weighted by Gasteiger charge is 2.34. The van der Waals surface area contributed by atoms with E-state index in [9.17, 15) is 13.2 Å². The van der Waals surface area contributed by atoms with Crippen LogP contribution in [0.2, 0.25) is 0 Å². The van der Waals surface area contributed by atoms with Gasteiger partial charge < -0.3 is 9.40 Å². The molecule has 0 unspecified atom stereocenters. The predicted molar refractivity (Wildman–Crippen MR) is 28.9 cm³/mol. The fraction of sp³-hybridized carbons (Fsp3) is 0.250. The summed E-state index contributed by atoms with van der Waals surface area (Å²) in [7, 11) is 0. The van der Waals surface area contributed by atoms with Gasteiger partial charge in [0.15, 0.2) is 0 Å². The minimum absolute atomic E-state index is 0.271. The van der Waals surface area contributed by atoms with Crippen molar-refractivity contribution in [2.24, 2.45) is 0 Å². The molecule has 1 heterocycles. The van der Waals surface area contributed by atoms with Gasteiger partial charge in [0, 0.05) is 0 Å². The van der Waals surface area contributed by atoms with Crippen LogP contribution in [0.3, 0.4) is 0 Å². The van der Waals surface area contributed by atoms with Crippen LogP contribution in [-0.4, -0.2) is 4.98 Å². The Morgan fingerprint density at radius 1 is 1.50 bits per heavy atom. The van der Waals surface area contributed by atoms with Gasteiger partial charge in [0.2, 0.25) is 5.76 Å². The topological polar surface area (TPSA) is 28.9 Å². The maximum Gasteiger partial charge on any atom is 0.451 e. The van der Waals surface area contributed by atoms with E-state index in [0.717, 1.165) is 0 Å². The molecule has 1 N–H and O–H groups in total. The number of halogens is 3. The second-order valence-electron chi connectivity index (χ2n) is 1.54. The van der Waals surface area contributed by atoms with Crippen molar-refractivity contribution >= 4 is 12.2 Å². The van der Waals surface area contributed by atoms with Crippen LogP contribution in [-0.2, 0) is 6.18 Å². The summed E-state index contributed by atoms with van der Waals surface area (Å²) >= 11 is 4.28. The van der Waals surface area contributed by atoms with Crippen molar-refractivity contribution < 1.29 is 17.6 Å². The SMILES string of the molecule is FC(F)(F)c1c[nH]c(=S)o1. The Labute approximate surface area is 58.7 Å². The summed E-state index contributed by atoms with van der Waals surface area (Å²) in [5.74, 6) is -1.10. The molecule has 1 aromatic heterocycles. The molecule has 0 aliphatic heterocycles. The van der Waals surface area contributed by atoms with Crippen LogP contribution in [0.1, 0.15) is 5.76 Å². The van der Waals surface area contributed by atoms with Gasteiger partial charge in [0.25, 0.3) is 4.84 Å². The van der Waals surface area contributed by atoms with Crippen molar-refractivity contribution in [3.63, 3.8) is 0 Å². The summed E-state index contributed by atoms with van der Waals surface area (Å²) in [6.07, 6.45) is -3.77. The molecule has 1 aromatic rings. The average Bonchev–Trinajstić information content (AvgIpc) is 2.11. The average molecular weight is 169 g/mol. The summed E-state index contributed by atoms with van der Waals surface area (Å²) in [6.45, 7) is 0. The van der Waals surface area contributed by atoms with E-state index in [1.807, 2.05) is 0 Å². The molecule has 6 heteroatoms. The summed E-state index contributed by atoms with van der Waals surface area (Å²) in [5, 5.41) is 0. The maximum atomic E-state index is 11.6. The van der Waals surface area contributed by atoms with Crippen LogP contribution in [0.4, 0.5) is 13.2 Å². The van der Waals surface area contributed by atoms with Crippen LogP contribution in [0.25, 0.3) is 0 Å². The molecule has 0 saturated carbocycles. The van der Waals surface area contributed by atoms with Crippen molar-refractivity contribution in [3.8, 4) is 0 Å². The van der Waals surface area contributed by atoms with Crippen LogP contribution in [0.5, 0.6) is 0 Å². The fourth-order valence-corrected chi connectivity index (χ4v) is 0.572. The molecule has 0 aliphatic rings. The number of aromatic amines is 1. The van der Waals surface area contributed by atoms with Crippen LogP contribution < -0.4 is 0 Å². The Kier molecular flexibility index (Phi) is 1.55. The molecule has 10 heavy (non-hydrogen) atoms. The molecule has 0 saturated heterocycles. The van der Waals surface area contributed by atoms with E-state index in [4.69, 9.17) is 0 Å². The molecule has 0 aliphatic carbocycles. The largest absolute Gasteiger partial charge is 0.451 e. The first-order chi connectivity index (χ1) is 4.50.